The Morgan fingerprint density at radius 1 is 1.42 bits per heavy atom. The SMILES string of the molecule is COc1ccc(CN(C)CCCC(=O)O)cc1C.Cl. The van der Waals surface area contributed by atoms with E-state index in [1.165, 1.54) is 5.56 Å². The van der Waals surface area contributed by atoms with E-state index in [-0.39, 0.29) is 18.8 Å². The summed E-state index contributed by atoms with van der Waals surface area (Å²) in [6.07, 6.45) is 0.910. The summed E-state index contributed by atoms with van der Waals surface area (Å²) >= 11 is 0. The molecule has 0 fully saturated rings. The van der Waals surface area contributed by atoms with Gasteiger partial charge >= 0.3 is 5.97 Å². The number of benzene rings is 1. The lowest BCUT2D eigenvalue weighted by molar-refractivity contribution is -0.137. The number of halogens is 1. The fourth-order valence-corrected chi connectivity index (χ4v) is 1.93. The highest BCUT2D eigenvalue weighted by Gasteiger charge is 2.04. The molecule has 0 aliphatic carbocycles. The second-order valence-electron chi connectivity index (χ2n) is 4.54. The molecule has 0 aliphatic heterocycles. The standard InChI is InChI=1S/C14H21NO3.ClH/c1-11-9-12(6-7-13(11)18-3)10-15(2)8-4-5-14(16)17;/h6-7,9H,4-5,8,10H2,1-3H3,(H,16,17);1H. The minimum atomic E-state index is -0.733. The molecule has 5 heteroatoms. The van der Waals surface area contributed by atoms with Crippen molar-refractivity contribution in [1.29, 1.82) is 0 Å². The van der Waals surface area contributed by atoms with E-state index < -0.39 is 5.97 Å². The molecule has 108 valence electrons. The Kier molecular flexibility index (Phi) is 8.19. The third-order valence-corrected chi connectivity index (χ3v) is 2.84. The second-order valence-corrected chi connectivity index (χ2v) is 4.54. The smallest absolute Gasteiger partial charge is 0.303 e. The van der Waals surface area contributed by atoms with Crippen LogP contribution in [0.3, 0.4) is 0 Å². The molecule has 0 saturated carbocycles. The molecular weight excluding hydrogens is 266 g/mol. The number of nitrogens with zero attached hydrogens (tertiary/aromatic N) is 1. The summed E-state index contributed by atoms with van der Waals surface area (Å²) in [5.41, 5.74) is 2.33. The summed E-state index contributed by atoms with van der Waals surface area (Å²) in [4.78, 5) is 12.6. The summed E-state index contributed by atoms with van der Waals surface area (Å²) in [6, 6.07) is 6.11. The van der Waals surface area contributed by atoms with Crippen LogP contribution in [0.4, 0.5) is 0 Å². The Balaban J connectivity index is 0.00000324. The summed E-state index contributed by atoms with van der Waals surface area (Å²) in [6.45, 7) is 3.63. The highest BCUT2D eigenvalue weighted by molar-refractivity contribution is 5.85. The highest BCUT2D eigenvalue weighted by Crippen LogP contribution is 2.19. The Morgan fingerprint density at radius 2 is 2.11 bits per heavy atom. The van der Waals surface area contributed by atoms with Crippen molar-refractivity contribution in [2.45, 2.75) is 26.3 Å². The number of carboxylic acid groups (broad SMARTS) is 1. The normalized spacial score (nSPS) is 10.1. The van der Waals surface area contributed by atoms with Crippen LogP contribution in [0.25, 0.3) is 0 Å². The highest BCUT2D eigenvalue weighted by atomic mass is 35.5. The van der Waals surface area contributed by atoms with Gasteiger partial charge in [-0.15, -0.1) is 12.4 Å². The van der Waals surface area contributed by atoms with Gasteiger partial charge in [-0.05, 0) is 44.1 Å². The maximum absolute atomic E-state index is 10.4. The average molecular weight is 288 g/mol. The fraction of sp³-hybridized carbons (Fsp3) is 0.500. The first-order chi connectivity index (χ1) is 8.52. The van der Waals surface area contributed by atoms with Crippen LogP contribution in [0.1, 0.15) is 24.0 Å². The lowest BCUT2D eigenvalue weighted by Crippen LogP contribution is -2.19. The van der Waals surface area contributed by atoms with Gasteiger partial charge in [-0.25, -0.2) is 0 Å². The van der Waals surface area contributed by atoms with Crippen LogP contribution in [0.15, 0.2) is 18.2 Å². The Morgan fingerprint density at radius 3 is 2.63 bits per heavy atom. The van der Waals surface area contributed by atoms with Crippen molar-refractivity contribution >= 4 is 18.4 Å². The number of carbonyl (C=O) groups is 1. The molecule has 0 heterocycles. The molecule has 1 rings (SSSR count). The van der Waals surface area contributed by atoms with Crippen LogP contribution in [0.2, 0.25) is 0 Å². The van der Waals surface area contributed by atoms with Gasteiger partial charge in [-0.2, -0.15) is 0 Å². The van der Waals surface area contributed by atoms with E-state index in [0.29, 0.717) is 6.42 Å². The number of rotatable bonds is 7. The average Bonchev–Trinajstić information content (AvgIpc) is 2.28. The van der Waals surface area contributed by atoms with Gasteiger partial charge in [0.2, 0.25) is 0 Å². The summed E-state index contributed by atoms with van der Waals surface area (Å²) in [5, 5.41) is 8.58. The van der Waals surface area contributed by atoms with E-state index in [9.17, 15) is 4.79 Å². The van der Waals surface area contributed by atoms with Crippen molar-refractivity contribution in [2.24, 2.45) is 0 Å². The number of hydrogen-bond acceptors (Lipinski definition) is 3. The minimum absolute atomic E-state index is 0. The molecule has 0 atom stereocenters. The van der Waals surface area contributed by atoms with E-state index in [1.54, 1.807) is 7.11 Å². The predicted octanol–water partition coefficient (Wildman–Crippen LogP) is 2.72. The van der Waals surface area contributed by atoms with Gasteiger partial charge in [-0.1, -0.05) is 12.1 Å². The monoisotopic (exact) mass is 287 g/mol. The molecule has 0 amide bonds. The van der Waals surface area contributed by atoms with E-state index in [0.717, 1.165) is 24.4 Å². The quantitative estimate of drug-likeness (QED) is 0.838. The van der Waals surface area contributed by atoms with Crippen LogP contribution in [-0.4, -0.2) is 36.7 Å². The number of aliphatic carboxylic acids is 1. The molecule has 0 spiro atoms. The zero-order valence-electron chi connectivity index (χ0n) is 11.7. The third kappa shape index (κ3) is 6.45. The van der Waals surface area contributed by atoms with Gasteiger partial charge in [0.05, 0.1) is 7.11 Å². The fourth-order valence-electron chi connectivity index (χ4n) is 1.93. The molecule has 0 aromatic heterocycles. The van der Waals surface area contributed by atoms with Crippen molar-refractivity contribution in [3.8, 4) is 5.75 Å². The number of ether oxygens (including phenoxy) is 1. The third-order valence-electron chi connectivity index (χ3n) is 2.84. The topological polar surface area (TPSA) is 49.8 Å². The van der Waals surface area contributed by atoms with Gasteiger partial charge in [0, 0.05) is 13.0 Å². The first-order valence-electron chi connectivity index (χ1n) is 6.06. The summed E-state index contributed by atoms with van der Waals surface area (Å²) in [5.74, 6) is 0.163. The summed E-state index contributed by atoms with van der Waals surface area (Å²) < 4.78 is 5.22. The molecule has 4 nitrogen and oxygen atoms in total. The van der Waals surface area contributed by atoms with Crippen LogP contribution in [-0.2, 0) is 11.3 Å². The van der Waals surface area contributed by atoms with Crippen molar-refractivity contribution < 1.29 is 14.6 Å². The molecule has 0 bridgehead atoms. The number of carboxylic acids is 1. The Hall–Kier alpha value is -1.26. The van der Waals surface area contributed by atoms with E-state index in [1.807, 2.05) is 26.1 Å². The molecule has 1 aromatic rings. The first-order valence-corrected chi connectivity index (χ1v) is 6.06. The molecule has 0 unspecified atom stereocenters. The van der Waals surface area contributed by atoms with Crippen LogP contribution in [0.5, 0.6) is 5.75 Å². The number of aryl methyl sites for hydroxylation is 1. The van der Waals surface area contributed by atoms with Gasteiger partial charge < -0.3 is 14.7 Å². The Labute approximate surface area is 120 Å². The lowest BCUT2D eigenvalue weighted by atomic mass is 10.1. The van der Waals surface area contributed by atoms with Gasteiger partial charge in [0.1, 0.15) is 5.75 Å². The maximum Gasteiger partial charge on any atom is 0.303 e. The molecule has 0 saturated heterocycles. The molecule has 0 radical (unpaired) electrons. The summed E-state index contributed by atoms with van der Waals surface area (Å²) in [7, 11) is 3.67. The lowest BCUT2D eigenvalue weighted by Gasteiger charge is -2.17. The van der Waals surface area contributed by atoms with Crippen molar-refractivity contribution in [2.75, 3.05) is 20.7 Å². The van der Waals surface area contributed by atoms with Crippen LogP contribution >= 0.6 is 12.4 Å². The number of methoxy groups -OCH3 is 1. The van der Waals surface area contributed by atoms with Crippen LogP contribution < -0.4 is 4.74 Å². The largest absolute Gasteiger partial charge is 0.496 e. The second kappa shape index (κ2) is 8.77. The molecule has 1 aromatic carbocycles. The van der Waals surface area contributed by atoms with E-state index in [4.69, 9.17) is 9.84 Å². The minimum Gasteiger partial charge on any atom is -0.496 e. The van der Waals surface area contributed by atoms with Crippen molar-refractivity contribution in [3.05, 3.63) is 29.3 Å². The van der Waals surface area contributed by atoms with Gasteiger partial charge in [0.15, 0.2) is 0 Å². The van der Waals surface area contributed by atoms with Gasteiger partial charge in [-0.3, -0.25) is 4.79 Å². The van der Waals surface area contributed by atoms with Crippen molar-refractivity contribution in [3.63, 3.8) is 0 Å². The van der Waals surface area contributed by atoms with Gasteiger partial charge in [0.25, 0.3) is 0 Å². The number of hydrogen-bond donors (Lipinski definition) is 1. The Bertz CT molecular complexity index is 410. The first kappa shape index (κ1) is 17.7. The molecule has 1 N–H and O–H groups in total. The molecular formula is C14H22ClNO3. The zero-order chi connectivity index (χ0) is 13.5. The van der Waals surface area contributed by atoms with E-state index in [2.05, 4.69) is 11.0 Å². The zero-order valence-corrected chi connectivity index (χ0v) is 12.5. The van der Waals surface area contributed by atoms with Crippen molar-refractivity contribution in [1.82, 2.24) is 4.90 Å². The predicted molar refractivity (Wildman–Crippen MR) is 78.2 cm³/mol. The molecule has 0 aliphatic rings. The van der Waals surface area contributed by atoms with Crippen LogP contribution in [0, 0.1) is 6.92 Å². The van der Waals surface area contributed by atoms with E-state index >= 15 is 0 Å². The maximum atomic E-state index is 10.4. The molecule has 19 heavy (non-hydrogen) atoms.